The van der Waals surface area contributed by atoms with E-state index >= 15 is 0 Å². The standard InChI is InChI=1S/C18H21NO3/c1-20-17-11-10-16(13-18(17)21-2)14-19-22-12-6-9-15-7-4-3-5-8-15/h3-5,7-8,10-11,13-14H,6,9,12H2,1-2H3/b19-14+. The Morgan fingerprint density at radius 1 is 0.955 bits per heavy atom. The van der Waals surface area contributed by atoms with Gasteiger partial charge in [0.15, 0.2) is 11.5 Å². The highest BCUT2D eigenvalue weighted by Gasteiger charge is 2.02. The highest BCUT2D eigenvalue weighted by molar-refractivity contribution is 5.80. The molecular weight excluding hydrogens is 278 g/mol. The maximum absolute atomic E-state index is 5.29. The third-order valence-corrected chi connectivity index (χ3v) is 3.23. The number of nitrogens with zero attached hydrogens (tertiary/aromatic N) is 1. The molecule has 0 spiro atoms. The van der Waals surface area contributed by atoms with Crippen LogP contribution in [-0.2, 0) is 11.3 Å². The van der Waals surface area contributed by atoms with Crippen molar-refractivity contribution in [3.8, 4) is 11.5 Å². The van der Waals surface area contributed by atoms with Gasteiger partial charge in [0, 0.05) is 5.56 Å². The number of rotatable bonds is 8. The van der Waals surface area contributed by atoms with E-state index in [1.54, 1.807) is 20.4 Å². The van der Waals surface area contributed by atoms with Gasteiger partial charge in [0.05, 0.1) is 20.4 Å². The number of hydrogen-bond acceptors (Lipinski definition) is 4. The summed E-state index contributed by atoms with van der Waals surface area (Å²) in [4.78, 5) is 5.29. The van der Waals surface area contributed by atoms with Gasteiger partial charge in [0.25, 0.3) is 0 Å². The summed E-state index contributed by atoms with van der Waals surface area (Å²) < 4.78 is 10.4. The minimum absolute atomic E-state index is 0.596. The zero-order chi connectivity index (χ0) is 15.6. The smallest absolute Gasteiger partial charge is 0.161 e. The van der Waals surface area contributed by atoms with Crippen molar-refractivity contribution in [2.24, 2.45) is 5.16 Å². The highest BCUT2D eigenvalue weighted by atomic mass is 16.6. The molecule has 0 atom stereocenters. The fraction of sp³-hybridized carbons (Fsp3) is 0.278. The molecule has 0 fully saturated rings. The van der Waals surface area contributed by atoms with Crippen molar-refractivity contribution < 1.29 is 14.3 Å². The Morgan fingerprint density at radius 3 is 2.45 bits per heavy atom. The van der Waals surface area contributed by atoms with E-state index in [1.165, 1.54) is 5.56 Å². The molecule has 0 aromatic heterocycles. The average Bonchev–Trinajstić information content (AvgIpc) is 2.58. The SMILES string of the molecule is COc1ccc(/C=N/OCCCc2ccccc2)cc1OC. The normalized spacial score (nSPS) is 10.6. The Hall–Kier alpha value is -2.49. The summed E-state index contributed by atoms with van der Waals surface area (Å²) in [6.07, 6.45) is 3.60. The van der Waals surface area contributed by atoms with Crippen LogP contribution in [0.5, 0.6) is 11.5 Å². The van der Waals surface area contributed by atoms with Crippen LogP contribution < -0.4 is 9.47 Å². The van der Waals surface area contributed by atoms with Crippen LogP contribution in [0, 0.1) is 0 Å². The lowest BCUT2D eigenvalue weighted by Crippen LogP contribution is -1.94. The van der Waals surface area contributed by atoms with Crippen LogP contribution in [0.3, 0.4) is 0 Å². The van der Waals surface area contributed by atoms with Crippen LogP contribution >= 0.6 is 0 Å². The first-order valence-electron chi connectivity index (χ1n) is 7.25. The van der Waals surface area contributed by atoms with E-state index in [4.69, 9.17) is 14.3 Å². The Morgan fingerprint density at radius 2 is 1.73 bits per heavy atom. The number of hydrogen-bond donors (Lipinski definition) is 0. The average molecular weight is 299 g/mol. The van der Waals surface area contributed by atoms with Crippen LogP contribution in [-0.4, -0.2) is 27.0 Å². The largest absolute Gasteiger partial charge is 0.493 e. The topological polar surface area (TPSA) is 40.0 Å². The second-order valence-electron chi connectivity index (χ2n) is 4.77. The van der Waals surface area contributed by atoms with Gasteiger partial charge in [-0.1, -0.05) is 35.5 Å². The molecule has 0 saturated heterocycles. The monoisotopic (exact) mass is 299 g/mol. The van der Waals surface area contributed by atoms with Gasteiger partial charge in [-0.15, -0.1) is 0 Å². The van der Waals surface area contributed by atoms with E-state index in [2.05, 4.69) is 17.3 Å². The van der Waals surface area contributed by atoms with Crippen LogP contribution in [0.1, 0.15) is 17.5 Å². The summed E-state index contributed by atoms with van der Waals surface area (Å²) in [5.74, 6) is 1.37. The third kappa shape index (κ3) is 4.81. The molecule has 0 aliphatic heterocycles. The number of methoxy groups -OCH3 is 2. The van der Waals surface area contributed by atoms with Gasteiger partial charge in [-0.2, -0.15) is 0 Å². The molecule has 0 unspecified atom stereocenters. The lowest BCUT2D eigenvalue weighted by Gasteiger charge is -2.07. The predicted octanol–water partition coefficient (Wildman–Crippen LogP) is 3.69. The van der Waals surface area contributed by atoms with Crippen molar-refractivity contribution in [3.05, 3.63) is 59.7 Å². The predicted molar refractivity (Wildman–Crippen MR) is 87.9 cm³/mol. The van der Waals surface area contributed by atoms with Crippen molar-refractivity contribution >= 4 is 6.21 Å². The molecule has 4 nitrogen and oxygen atoms in total. The van der Waals surface area contributed by atoms with E-state index in [0.29, 0.717) is 18.1 Å². The van der Waals surface area contributed by atoms with Crippen LogP contribution in [0.2, 0.25) is 0 Å². The first-order valence-corrected chi connectivity index (χ1v) is 7.25. The van der Waals surface area contributed by atoms with Gasteiger partial charge < -0.3 is 14.3 Å². The van der Waals surface area contributed by atoms with Crippen LogP contribution in [0.15, 0.2) is 53.7 Å². The third-order valence-electron chi connectivity index (χ3n) is 3.23. The van der Waals surface area contributed by atoms with Crippen molar-refractivity contribution in [2.45, 2.75) is 12.8 Å². The summed E-state index contributed by atoms with van der Waals surface area (Å²) in [5, 5.41) is 3.98. The molecule has 0 aliphatic carbocycles. The summed E-state index contributed by atoms with van der Waals surface area (Å²) in [6, 6.07) is 16.0. The van der Waals surface area contributed by atoms with Gasteiger partial charge in [-0.25, -0.2) is 0 Å². The fourth-order valence-corrected chi connectivity index (χ4v) is 2.07. The summed E-state index contributed by atoms with van der Waals surface area (Å²) >= 11 is 0. The summed E-state index contributed by atoms with van der Waals surface area (Å²) in [7, 11) is 3.22. The highest BCUT2D eigenvalue weighted by Crippen LogP contribution is 2.26. The summed E-state index contributed by atoms with van der Waals surface area (Å²) in [6.45, 7) is 0.596. The molecule has 22 heavy (non-hydrogen) atoms. The van der Waals surface area contributed by atoms with E-state index in [0.717, 1.165) is 18.4 Å². The Kier molecular flexibility index (Phi) is 6.30. The minimum Gasteiger partial charge on any atom is -0.493 e. The molecular formula is C18H21NO3. The molecule has 0 amide bonds. The maximum atomic E-state index is 5.29. The zero-order valence-electron chi connectivity index (χ0n) is 13.0. The number of oxime groups is 1. The quantitative estimate of drug-likeness (QED) is 0.424. The maximum Gasteiger partial charge on any atom is 0.161 e. The van der Waals surface area contributed by atoms with Gasteiger partial charge in [-0.05, 0) is 36.6 Å². The molecule has 0 aliphatic rings. The molecule has 2 rings (SSSR count). The van der Waals surface area contributed by atoms with E-state index in [-0.39, 0.29) is 0 Å². The van der Waals surface area contributed by atoms with Gasteiger partial charge in [0.1, 0.15) is 6.61 Å². The molecule has 2 aromatic carbocycles. The molecule has 0 saturated carbocycles. The number of aryl methyl sites for hydroxylation is 1. The Balaban J connectivity index is 1.75. The van der Waals surface area contributed by atoms with Crippen LogP contribution in [0.4, 0.5) is 0 Å². The van der Waals surface area contributed by atoms with E-state index in [9.17, 15) is 0 Å². The van der Waals surface area contributed by atoms with E-state index < -0.39 is 0 Å². The number of ether oxygens (including phenoxy) is 2. The molecule has 2 aromatic rings. The fourth-order valence-electron chi connectivity index (χ4n) is 2.07. The lowest BCUT2D eigenvalue weighted by molar-refractivity contribution is 0.143. The Bertz CT molecular complexity index is 597. The second-order valence-corrected chi connectivity index (χ2v) is 4.77. The molecule has 4 heteroatoms. The lowest BCUT2D eigenvalue weighted by atomic mass is 10.1. The van der Waals surface area contributed by atoms with Gasteiger partial charge in [-0.3, -0.25) is 0 Å². The van der Waals surface area contributed by atoms with Crippen molar-refractivity contribution in [3.63, 3.8) is 0 Å². The van der Waals surface area contributed by atoms with Gasteiger partial charge >= 0.3 is 0 Å². The second kappa shape index (κ2) is 8.72. The van der Waals surface area contributed by atoms with Crippen LogP contribution in [0.25, 0.3) is 0 Å². The van der Waals surface area contributed by atoms with Crippen molar-refractivity contribution in [2.75, 3.05) is 20.8 Å². The van der Waals surface area contributed by atoms with Crippen molar-refractivity contribution in [1.29, 1.82) is 0 Å². The first kappa shape index (κ1) is 15.9. The van der Waals surface area contributed by atoms with Crippen molar-refractivity contribution in [1.82, 2.24) is 0 Å². The van der Waals surface area contributed by atoms with Gasteiger partial charge in [0.2, 0.25) is 0 Å². The number of benzene rings is 2. The summed E-state index contributed by atoms with van der Waals surface area (Å²) in [5.41, 5.74) is 2.22. The Labute approximate surface area is 131 Å². The molecule has 0 bridgehead atoms. The zero-order valence-corrected chi connectivity index (χ0v) is 13.0. The first-order chi connectivity index (χ1) is 10.8. The molecule has 0 radical (unpaired) electrons. The molecule has 0 N–H and O–H groups in total. The minimum atomic E-state index is 0.596. The molecule has 0 heterocycles. The molecule has 116 valence electrons. The van der Waals surface area contributed by atoms with E-state index in [1.807, 2.05) is 36.4 Å².